The standard InChI is InChI=1S/C22H19N3OS/c1-14-6-9-18(23-12-14)19-10-11-20(27-19)21-16-4-2-3-5-17(16)22(26)25(24-21)13-15-7-8-15/h2-6,9-12,15H,7-8,13H2,1H3. The number of fused-ring (bicyclic) bond motifs is 1. The summed E-state index contributed by atoms with van der Waals surface area (Å²) in [6.07, 6.45) is 4.27. The van der Waals surface area contributed by atoms with E-state index in [4.69, 9.17) is 5.10 Å². The van der Waals surface area contributed by atoms with Crippen LogP contribution in [-0.2, 0) is 6.54 Å². The first-order valence-electron chi connectivity index (χ1n) is 9.22. The molecule has 1 saturated carbocycles. The normalized spacial score (nSPS) is 14.0. The first-order valence-corrected chi connectivity index (χ1v) is 10.0. The van der Waals surface area contributed by atoms with E-state index in [2.05, 4.69) is 23.2 Å². The van der Waals surface area contributed by atoms with Crippen molar-refractivity contribution in [1.29, 1.82) is 0 Å². The Kier molecular flexibility index (Phi) is 3.90. The molecule has 1 aromatic carbocycles. The number of hydrogen-bond acceptors (Lipinski definition) is 4. The molecular weight excluding hydrogens is 354 g/mol. The largest absolute Gasteiger partial charge is 0.274 e. The number of thiophene rings is 1. The summed E-state index contributed by atoms with van der Waals surface area (Å²) in [4.78, 5) is 19.5. The summed E-state index contributed by atoms with van der Waals surface area (Å²) in [5.41, 5.74) is 3.01. The van der Waals surface area contributed by atoms with Crippen LogP contribution in [0.3, 0.4) is 0 Å². The van der Waals surface area contributed by atoms with Crippen LogP contribution in [0.5, 0.6) is 0 Å². The fourth-order valence-electron chi connectivity index (χ4n) is 3.30. The van der Waals surface area contributed by atoms with Crippen LogP contribution >= 0.6 is 11.3 Å². The van der Waals surface area contributed by atoms with Gasteiger partial charge in [0, 0.05) is 18.1 Å². The van der Waals surface area contributed by atoms with Gasteiger partial charge in [0.15, 0.2) is 0 Å². The van der Waals surface area contributed by atoms with Gasteiger partial charge in [-0.3, -0.25) is 9.78 Å². The predicted molar refractivity (Wildman–Crippen MR) is 110 cm³/mol. The van der Waals surface area contributed by atoms with Crippen LogP contribution in [0, 0.1) is 12.8 Å². The van der Waals surface area contributed by atoms with Crippen molar-refractivity contribution in [2.75, 3.05) is 0 Å². The number of aryl methyl sites for hydroxylation is 1. The van der Waals surface area contributed by atoms with Gasteiger partial charge in [-0.1, -0.05) is 24.3 Å². The number of benzene rings is 1. The molecule has 0 saturated heterocycles. The summed E-state index contributed by atoms with van der Waals surface area (Å²) < 4.78 is 1.67. The zero-order valence-corrected chi connectivity index (χ0v) is 15.9. The molecule has 4 aromatic rings. The molecular formula is C22H19N3OS. The highest BCUT2D eigenvalue weighted by atomic mass is 32.1. The Morgan fingerprint density at radius 2 is 1.81 bits per heavy atom. The van der Waals surface area contributed by atoms with Crippen LogP contribution in [-0.4, -0.2) is 14.8 Å². The van der Waals surface area contributed by atoms with Crippen LogP contribution in [0.1, 0.15) is 18.4 Å². The highest BCUT2D eigenvalue weighted by Gasteiger charge is 2.24. The Balaban J connectivity index is 1.65. The highest BCUT2D eigenvalue weighted by molar-refractivity contribution is 7.18. The summed E-state index contributed by atoms with van der Waals surface area (Å²) in [7, 11) is 0. The van der Waals surface area contributed by atoms with E-state index >= 15 is 0 Å². The maximum absolute atomic E-state index is 12.8. The summed E-state index contributed by atoms with van der Waals surface area (Å²) in [6, 6.07) is 16.1. The van der Waals surface area contributed by atoms with Crippen molar-refractivity contribution in [3.63, 3.8) is 0 Å². The minimum Gasteiger partial charge on any atom is -0.267 e. The van der Waals surface area contributed by atoms with Crippen molar-refractivity contribution >= 4 is 22.1 Å². The Labute approximate surface area is 161 Å². The smallest absolute Gasteiger partial charge is 0.267 e. The molecule has 1 aliphatic carbocycles. The Morgan fingerprint density at radius 1 is 1.04 bits per heavy atom. The molecule has 0 aliphatic heterocycles. The second-order valence-electron chi connectivity index (χ2n) is 7.21. The van der Waals surface area contributed by atoms with Gasteiger partial charge in [-0.15, -0.1) is 11.3 Å². The van der Waals surface area contributed by atoms with Crippen LogP contribution in [0.15, 0.2) is 59.5 Å². The third kappa shape index (κ3) is 3.08. The third-order valence-electron chi connectivity index (χ3n) is 5.00. The fourth-order valence-corrected chi connectivity index (χ4v) is 4.28. The molecule has 0 amide bonds. The van der Waals surface area contributed by atoms with E-state index in [9.17, 15) is 4.79 Å². The molecule has 1 aliphatic rings. The zero-order chi connectivity index (χ0) is 18.4. The average Bonchev–Trinajstić information content (AvgIpc) is 3.38. The molecule has 0 radical (unpaired) electrons. The van der Waals surface area contributed by atoms with Gasteiger partial charge in [-0.2, -0.15) is 5.10 Å². The number of hydrogen-bond donors (Lipinski definition) is 0. The molecule has 3 aromatic heterocycles. The Hall–Kier alpha value is -2.79. The molecule has 5 rings (SSSR count). The fraction of sp³-hybridized carbons (Fsp3) is 0.227. The number of rotatable bonds is 4. The van der Waals surface area contributed by atoms with E-state index in [0.717, 1.165) is 37.5 Å². The molecule has 134 valence electrons. The lowest BCUT2D eigenvalue weighted by Gasteiger charge is -2.09. The van der Waals surface area contributed by atoms with Crippen LogP contribution in [0.25, 0.3) is 31.9 Å². The molecule has 0 unspecified atom stereocenters. The van der Waals surface area contributed by atoms with E-state index in [0.29, 0.717) is 12.5 Å². The SMILES string of the molecule is Cc1ccc(-c2ccc(-c3nn(CC4CC4)c(=O)c4ccccc34)s2)nc1. The first-order chi connectivity index (χ1) is 13.2. The van der Waals surface area contributed by atoms with Crippen molar-refractivity contribution in [1.82, 2.24) is 14.8 Å². The first kappa shape index (κ1) is 16.4. The molecule has 0 bridgehead atoms. The van der Waals surface area contributed by atoms with Crippen molar-refractivity contribution in [2.45, 2.75) is 26.3 Å². The second kappa shape index (κ2) is 6.43. The van der Waals surface area contributed by atoms with Crippen LogP contribution in [0.4, 0.5) is 0 Å². The summed E-state index contributed by atoms with van der Waals surface area (Å²) >= 11 is 1.67. The molecule has 3 heterocycles. The van der Waals surface area contributed by atoms with Gasteiger partial charge in [0.1, 0.15) is 5.69 Å². The van der Waals surface area contributed by atoms with E-state index in [1.165, 1.54) is 12.8 Å². The molecule has 4 nitrogen and oxygen atoms in total. The van der Waals surface area contributed by atoms with Crippen molar-refractivity contribution in [3.05, 3.63) is 70.6 Å². The maximum Gasteiger partial charge on any atom is 0.274 e. The van der Waals surface area contributed by atoms with Gasteiger partial charge in [0.25, 0.3) is 5.56 Å². The van der Waals surface area contributed by atoms with Crippen LogP contribution in [0.2, 0.25) is 0 Å². The lowest BCUT2D eigenvalue weighted by atomic mass is 10.1. The summed E-state index contributed by atoms with van der Waals surface area (Å²) in [5.74, 6) is 0.597. The van der Waals surface area contributed by atoms with Gasteiger partial charge >= 0.3 is 0 Å². The molecule has 0 spiro atoms. The van der Waals surface area contributed by atoms with E-state index < -0.39 is 0 Å². The van der Waals surface area contributed by atoms with Gasteiger partial charge in [-0.25, -0.2) is 4.68 Å². The molecule has 27 heavy (non-hydrogen) atoms. The second-order valence-corrected chi connectivity index (χ2v) is 8.29. The summed E-state index contributed by atoms with van der Waals surface area (Å²) in [6.45, 7) is 2.75. The average molecular weight is 373 g/mol. The van der Waals surface area contributed by atoms with Crippen molar-refractivity contribution < 1.29 is 0 Å². The monoisotopic (exact) mass is 373 g/mol. The number of aromatic nitrogens is 3. The van der Waals surface area contributed by atoms with E-state index in [1.807, 2.05) is 43.5 Å². The predicted octanol–water partition coefficient (Wildman–Crippen LogP) is 4.91. The Morgan fingerprint density at radius 3 is 2.56 bits per heavy atom. The minimum absolute atomic E-state index is 0.0123. The highest BCUT2D eigenvalue weighted by Crippen LogP contribution is 2.36. The lowest BCUT2D eigenvalue weighted by molar-refractivity contribution is 0.541. The topological polar surface area (TPSA) is 47.8 Å². The lowest BCUT2D eigenvalue weighted by Crippen LogP contribution is -2.24. The number of pyridine rings is 1. The van der Waals surface area contributed by atoms with Gasteiger partial charge in [0.2, 0.25) is 0 Å². The maximum atomic E-state index is 12.8. The van der Waals surface area contributed by atoms with E-state index in [1.54, 1.807) is 16.0 Å². The summed E-state index contributed by atoms with van der Waals surface area (Å²) in [5, 5.41) is 6.42. The molecule has 0 N–H and O–H groups in total. The van der Waals surface area contributed by atoms with Crippen LogP contribution < -0.4 is 5.56 Å². The third-order valence-corrected chi connectivity index (χ3v) is 6.11. The minimum atomic E-state index is 0.0123. The van der Waals surface area contributed by atoms with Gasteiger partial charge in [0.05, 0.1) is 20.8 Å². The van der Waals surface area contributed by atoms with E-state index in [-0.39, 0.29) is 5.56 Å². The molecule has 5 heteroatoms. The van der Waals surface area contributed by atoms with Gasteiger partial charge in [-0.05, 0) is 55.5 Å². The van der Waals surface area contributed by atoms with Crippen molar-refractivity contribution in [3.8, 4) is 21.1 Å². The molecule has 0 atom stereocenters. The number of nitrogens with zero attached hydrogens (tertiary/aromatic N) is 3. The molecule has 1 fully saturated rings. The quantitative estimate of drug-likeness (QED) is 0.511. The Bertz CT molecular complexity index is 1190. The zero-order valence-electron chi connectivity index (χ0n) is 15.1. The van der Waals surface area contributed by atoms with Gasteiger partial charge < -0.3 is 0 Å². The van der Waals surface area contributed by atoms with Crippen molar-refractivity contribution in [2.24, 2.45) is 5.92 Å².